The Hall–Kier alpha value is -3.33. The zero-order valence-corrected chi connectivity index (χ0v) is 17.2. The second kappa shape index (κ2) is 7.83. The Labute approximate surface area is 176 Å². The van der Waals surface area contributed by atoms with E-state index in [1.807, 2.05) is 0 Å². The minimum atomic E-state index is -0.485. The first-order valence-electron chi connectivity index (χ1n) is 9.29. The Morgan fingerprint density at radius 2 is 1.97 bits per heavy atom. The maximum Gasteiger partial charge on any atom is 0.310 e. The van der Waals surface area contributed by atoms with Crippen molar-refractivity contribution in [2.24, 2.45) is 0 Å². The van der Waals surface area contributed by atoms with Crippen molar-refractivity contribution in [3.63, 3.8) is 0 Å². The van der Waals surface area contributed by atoms with E-state index < -0.39 is 4.92 Å². The zero-order chi connectivity index (χ0) is 21.4. The molecule has 0 saturated heterocycles. The van der Waals surface area contributed by atoms with Gasteiger partial charge in [0.15, 0.2) is 5.82 Å². The number of benzene rings is 1. The molecule has 1 aromatic carbocycles. The summed E-state index contributed by atoms with van der Waals surface area (Å²) in [6, 6.07) is 6.58. The summed E-state index contributed by atoms with van der Waals surface area (Å²) in [5, 5.41) is 15.4. The highest BCUT2D eigenvalue weighted by atomic mass is 35.5. The Kier molecular flexibility index (Phi) is 5.21. The van der Waals surface area contributed by atoms with Crippen LogP contribution in [-0.4, -0.2) is 35.2 Å². The van der Waals surface area contributed by atoms with Crippen LogP contribution in [-0.2, 0) is 13.0 Å². The number of halogens is 1. The third-order valence-corrected chi connectivity index (χ3v) is 5.47. The molecule has 1 aliphatic heterocycles. The molecule has 0 radical (unpaired) electrons. The summed E-state index contributed by atoms with van der Waals surface area (Å²) >= 11 is 6.41. The van der Waals surface area contributed by atoms with Gasteiger partial charge in [-0.05, 0) is 30.2 Å². The van der Waals surface area contributed by atoms with E-state index in [0.29, 0.717) is 47.5 Å². The SMILES string of the molecule is COc1ccc(OC)c2nc(Cl)c(Cc3cc([N+](=O)[O-])c4n(c3=O)CCCN4)cc12. The van der Waals surface area contributed by atoms with Crippen LogP contribution < -0.4 is 20.3 Å². The predicted octanol–water partition coefficient (Wildman–Crippen LogP) is 3.38. The Morgan fingerprint density at radius 3 is 2.67 bits per heavy atom. The Morgan fingerprint density at radius 1 is 1.23 bits per heavy atom. The highest BCUT2D eigenvalue weighted by Crippen LogP contribution is 2.35. The number of nitrogens with zero attached hydrogens (tertiary/aromatic N) is 3. The Balaban J connectivity index is 1.87. The van der Waals surface area contributed by atoms with Gasteiger partial charge in [-0.15, -0.1) is 0 Å². The Bertz CT molecular complexity index is 1220. The quantitative estimate of drug-likeness (QED) is 0.375. The van der Waals surface area contributed by atoms with E-state index in [1.165, 1.54) is 17.7 Å². The number of nitro groups is 1. The topological polar surface area (TPSA) is 109 Å². The van der Waals surface area contributed by atoms with E-state index in [1.54, 1.807) is 25.3 Å². The maximum atomic E-state index is 13.0. The van der Waals surface area contributed by atoms with Gasteiger partial charge in [-0.25, -0.2) is 4.98 Å². The summed E-state index contributed by atoms with van der Waals surface area (Å²) in [6.45, 7) is 1.01. The largest absolute Gasteiger partial charge is 0.496 e. The third kappa shape index (κ3) is 3.30. The molecule has 0 unspecified atom stereocenters. The molecule has 3 aromatic rings. The molecule has 4 rings (SSSR count). The third-order valence-electron chi connectivity index (χ3n) is 5.15. The van der Waals surface area contributed by atoms with Crippen LogP contribution in [0, 0.1) is 10.1 Å². The van der Waals surface area contributed by atoms with Crippen LogP contribution in [0.1, 0.15) is 17.5 Å². The molecule has 2 aromatic heterocycles. The van der Waals surface area contributed by atoms with Crippen LogP contribution in [0.25, 0.3) is 10.9 Å². The van der Waals surface area contributed by atoms with Crippen molar-refractivity contribution in [3.8, 4) is 11.5 Å². The molecule has 30 heavy (non-hydrogen) atoms. The second-order valence-electron chi connectivity index (χ2n) is 6.88. The van der Waals surface area contributed by atoms with Gasteiger partial charge in [0, 0.05) is 36.5 Å². The van der Waals surface area contributed by atoms with Gasteiger partial charge in [0.1, 0.15) is 22.2 Å². The van der Waals surface area contributed by atoms with Crippen molar-refractivity contribution < 1.29 is 14.4 Å². The first kappa shape index (κ1) is 20.0. The lowest BCUT2D eigenvalue weighted by molar-refractivity contribution is -0.384. The molecule has 0 bridgehead atoms. The molecule has 0 spiro atoms. The van der Waals surface area contributed by atoms with Crippen LogP contribution in [0.2, 0.25) is 5.15 Å². The highest BCUT2D eigenvalue weighted by molar-refractivity contribution is 6.30. The molecule has 0 saturated carbocycles. The van der Waals surface area contributed by atoms with Crippen molar-refractivity contribution in [2.75, 3.05) is 26.1 Å². The van der Waals surface area contributed by atoms with Crippen molar-refractivity contribution >= 4 is 34.0 Å². The van der Waals surface area contributed by atoms with E-state index in [0.717, 1.165) is 0 Å². The molecule has 1 N–H and O–H groups in total. The standard InChI is InChI=1S/C20H19ClN4O5/c1-29-15-4-5-16(30-2)17-13(15)9-11(18(21)23-17)8-12-10-14(25(27)28)19-22-6-3-7-24(19)20(12)26/h4-5,9-10,22H,3,6-8H2,1-2H3. The summed E-state index contributed by atoms with van der Waals surface area (Å²) in [4.78, 5) is 28.5. The van der Waals surface area contributed by atoms with E-state index in [4.69, 9.17) is 21.1 Å². The molecule has 10 heteroatoms. The van der Waals surface area contributed by atoms with Gasteiger partial charge in [0.2, 0.25) is 0 Å². The number of rotatable bonds is 5. The fraction of sp³-hybridized carbons (Fsp3) is 0.300. The fourth-order valence-corrected chi connectivity index (χ4v) is 3.92. The van der Waals surface area contributed by atoms with Crippen LogP contribution >= 0.6 is 11.6 Å². The summed E-state index contributed by atoms with van der Waals surface area (Å²) in [5.41, 5.74) is 0.957. The predicted molar refractivity (Wildman–Crippen MR) is 113 cm³/mol. The van der Waals surface area contributed by atoms with Crippen molar-refractivity contribution in [1.82, 2.24) is 9.55 Å². The van der Waals surface area contributed by atoms with Gasteiger partial charge in [0.05, 0.1) is 19.1 Å². The van der Waals surface area contributed by atoms with Gasteiger partial charge < -0.3 is 14.8 Å². The fourth-order valence-electron chi connectivity index (χ4n) is 3.72. The smallest absolute Gasteiger partial charge is 0.310 e. The summed E-state index contributed by atoms with van der Waals surface area (Å²) in [7, 11) is 3.08. The second-order valence-corrected chi connectivity index (χ2v) is 7.24. The lowest BCUT2D eigenvalue weighted by atomic mass is 10.0. The molecule has 0 fully saturated rings. The molecule has 3 heterocycles. The van der Waals surface area contributed by atoms with E-state index in [9.17, 15) is 14.9 Å². The van der Waals surface area contributed by atoms with Crippen LogP contribution in [0.15, 0.2) is 29.1 Å². The molecular formula is C20H19ClN4O5. The summed E-state index contributed by atoms with van der Waals surface area (Å²) in [5.74, 6) is 1.36. The molecule has 156 valence electrons. The van der Waals surface area contributed by atoms with E-state index >= 15 is 0 Å². The highest BCUT2D eigenvalue weighted by Gasteiger charge is 2.25. The number of hydrogen-bond acceptors (Lipinski definition) is 7. The molecular weight excluding hydrogens is 412 g/mol. The zero-order valence-electron chi connectivity index (χ0n) is 16.4. The van der Waals surface area contributed by atoms with Crippen LogP contribution in [0.5, 0.6) is 11.5 Å². The van der Waals surface area contributed by atoms with Crippen molar-refractivity contribution in [1.29, 1.82) is 0 Å². The number of pyridine rings is 2. The number of anilines is 1. The maximum absolute atomic E-state index is 13.0. The van der Waals surface area contributed by atoms with E-state index in [2.05, 4.69) is 10.3 Å². The van der Waals surface area contributed by atoms with Gasteiger partial charge in [-0.3, -0.25) is 19.5 Å². The molecule has 1 aliphatic rings. The van der Waals surface area contributed by atoms with E-state index in [-0.39, 0.29) is 34.2 Å². The van der Waals surface area contributed by atoms with Gasteiger partial charge in [0.25, 0.3) is 5.56 Å². The lowest BCUT2D eigenvalue weighted by Crippen LogP contribution is -2.32. The lowest BCUT2D eigenvalue weighted by Gasteiger charge is -2.20. The number of aromatic nitrogens is 2. The molecule has 0 amide bonds. The average molecular weight is 431 g/mol. The van der Waals surface area contributed by atoms with Crippen LogP contribution in [0.3, 0.4) is 0 Å². The van der Waals surface area contributed by atoms with Crippen molar-refractivity contribution in [3.05, 3.63) is 61.0 Å². The van der Waals surface area contributed by atoms with Gasteiger partial charge in [-0.1, -0.05) is 11.6 Å². The number of fused-ring (bicyclic) bond motifs is 2. The molecule has 0 aliphatic carbocycles. The minimum Gasteiger partial charge on any atom is -0.496 e. The number of ether oxygens (including phenoxy) is 2. The summed E-state index contributed by atoms with van der Waals surface area (Å²) in [6.07, 6.45) is 0.810. The van der Waals surface area contributed by atoms with Crippen molar-refractivity contribution in [2.45, 2.75) is 19.4 Å². The first-order valence-corrected chi connectivity index (χ1v) is 9.67. The van der Waals surface area contributed by atoms with Gasteiger partial charge >= 0.3 is 5.69 Å². The number of methoxy groups -OCH3 is 2. The minimum absolute atomic E-state index is 0.0993. The number of nitrogens with one attached hydrogen (secondary N) is 1. The number of hydrogen-bond donors (Lipinski definition) is 1. The average Bonchev–Trinajstić information content (AvgIpc) is 2.75. The van der Waals surface area contributed by atoms with Gasteiger partial charge in [-0.2, -0.15) is 0 Å². The molecule has 9 nitrogen and oxygen atoms in total. The molecule has 0 atom stereocenters. The van der Waals surface area contributed by atoms with Crippen LogP contribution in [0.4, 0.5) is 11.5 Å². The monoisotopic (exact) mass is 430 g/mol. The first-order chi connectivity index (χ1) is 14.4. The summed E-state index contributed by atoms with van der Waals surface area (Å²) < 4.78 is 12.2. The normalized spacial score (nSPS) is 12.9.